The number of carbonyl (C=O) groups is 2. The molecular formula is C13H13N3O3S2. The molecular weight excluding hydrogens is 310 g/mol. The number of rotatable bonds is 5. The number of carbonyl (C=O) groups excluding carboxylic acids is 1. The maximum Gasteiger partial charge on any atom is 0.335 e. The molecule has 0 aliphatic heterocycles. The van der Waals surface area contributed by atoms with Gasteiger partial charge in [0.2, 0.25) is 5.91 Å². The Labute approximate surface area is 129 Å². The minimum Gasteiger partial charge on any atom is -0.478 e. The van der Waals surface area contributed by atoms with Gasteiger partial charge in [0, 0.05) is 5.69 Å². The molecule has 1 amide bonds. The van der Waals surface area contributed by atoms with Gasteiger partial charge in [-0.05, 0) is 38.1 Å². The van der Waals surface area contributed by atoms with E-state index in [1.807, 2.05) is 6.92 Å². The molecule has 1 aromatic carbocycles. The lowest BCUT2D eigenvalue weighted by atomic mass is 10.2. The second kappa shape index (κ2) is 6.68. The van der Waals surface area contributed by atoms with Crippen LogP contribution in [0.3, 0.4) is 0 Å². The van der Waals surface area contributed by atoms with Crippen molar-refractivity contribution in [3.05, 3.63) is 34.8 Å². The van der Waals surface area contributed by atoms with Gasteiger partial charge in [0.05, 0.1) is 10.8 Å². The molecule has 8 heteroatoms. The van der Waals surface area contributed by atoms with Crippen molar-refractivity contribution >= 4 is 40.7 Å². The number of aromatic nitrogens is 2. The monoisotopic (exact) mass is 323 g/mol. The highest BCUT2D eigenvalue weighted by atomic mass is 32.2. The number of nitrogens with zero attached hydrogens (tertiary/aromatic N) is 2. The van der Waals surface area contributed by atoms with Crippen LogP contribution >= 0.6 is 23.1 Å². The fraction of sp³-hybridized carbons (Fsp3) is 0.231. The summed E-state index contributed by atoms with van der Waals surface area (Å²) in [5, 5.41) is 19.9. The molecule has 2 rings (SSSR count). The average Bonchev–Trinajstić information content (AvgIpc) is 2.84. The molecule has 1 unspecified atom stereocenters. The van der Waals surface area contributed by atoms with Crippen molar-refractivity contribution in [2.45, 2.75) is 23.4 Å². The number of carboxylic acid groups (broad SMARTS) is 1. The molecule has 0 spiro atoms. The molecule has 0 aliphatic rings. The van der Waals surface area contributed by atoms with E-state index in [4.69, 9.17) is 5.11 Å². The van der Waals surface area contributed by atoms with Gasteiger partial charge in [-0.1, -0.05) is 23.1 Å². The molecule has 0 radical (unpaired) electrons. The van der Waals surface area contributed by atoms with Crippen LogP contribution in [0, 0.1) is 6.92 Å². The Bertz CT molecular complexity index is 655. The van der Waals surface area contributed by atoms with Crippen molar-refractivity contribution in [2.75, 3.05) is 5.32 Å². The Morgan fingerprint density at radius 1 is 1.29 bits per heavy atom. The Balaban J connectivity index is 1.95. The van der Waals surface area contributed by atoms with Gasteiger partial charge in [-0.2, -0.15) is 0 Å². The Morgan fingerprint density at radius 3 is 2.48 bits per heavy atom. The highest BCUT2D eigenvalue weighted by Gasteiger charge is 2.17. The van der Waals surface area contributed by atoms with Crippen molar-refractivity contribution in [1.82, 2.24) is 10.2 Å². The largest absolute Gasteiger partial charge is 0.478 e. The predicted octanol–water partition coefficient (Wildman–Crippen LogP) is 2.66. The van der Waals surface area contributed by atoms with E-state index in [1.165, 1.54) is 35.2 Å². The van der Waals surface area contributed by atoms with Crippen LogP contribution in [0.25, 0.3) is 0 Å². The van der Waals surface area contributed by atoms with Crippen LogP contribution in [-0.4, -0.2) is 32.4 Å². The third kappa shape index (κ3) is 4.27. The minimum absolute atomic E-state index is 0.170. The van der Waals surface area contributed by atoms with Crippen molar-refractivity contribution in [3.8, 4) is 0 Å². The van der Waals surface area contributed by atoms with E-state index in [-0.39, 0.29) is 16.7 Å². The van der Waals surface area contributed by atoms with Gasteiger partial charge in [-0.3, -0.25) is 4.79 Å². The second-order valence-corrected chi connectivity index (χ2v) is 6.99. The third-order valence-corrected chi connectivity index (χ3v) is 4.58. The van der Waals surface area contributed by atoms with Crippen LogP contribution in [-0.2, 0) is 4.79 Å². The summed E-state index contributed by atoms with van der Waals surface area (Å²) in [7, 11) is 0. The minimum atomic E-state index is -0.997. The maximum atomic E-state index is 12.1. The summed E-state index contributed by atoms with van der Waals surface area (Å²) in [6, 6.07) is 6.02. The molecule has 6 nitrogen and oxygen atoms in total. The van der Waals surface area contributed by atoms with E-state index < -0.39 is 5.97 Å². The summed E-state index contributed by atoms with van der Waals surface area (Å²) in [5.41, 5.74) is 0.741. The molecule has 0 bridgehead atoms. The van der Waals surface area contributed by atoms with Gasteiger partial charge in [0.1, 0.15) is 5.01 Å². The van der Waals surface area contributed by atoms with Crippen molar-refractivity contribution in [2.24, 2.45) is 0 Å². The fourth-order valence-corrected chi connectivity index (χ4v) is 3.43. The number of aryl methyl sites for hydroxylation is 1. The Hall–Kier alpha value is -1.93. The van der Waals surface area contributed by atoms with Gasteiger partial charge >= 0.3 is 5.97 Å². The summed E-state index contributed by atoms with van der Waals surface area (Å²) < 4.78 is 0.747. The lowest BCUT2D eigenvalue weighted by Gasteiger charge is -2.10. The first-order valence-corrected chi connectivity index (χ1v) is 7.76. The molecule has 2 N–H and O–H groups in total. The summed E-state index contributed by atoms with van der Waals surface area (Å²) in [6.45, 7) is 3.64. The van der Waals surface area contributed by atoms with Crippen LogP contribution in [0.4, 0.5) is 5.69 Å². The molecule has 1 atom stereocenters. The smallest absolute Gasteiger partial charge is 0.335 e. The van der Waals surface area contributed by atoms with Crippen molar-refractivity contribution in [1.29, 1.82) is 0 Å². The highest BCUT2D eigenvalue weighted by molar-refractivity contribution is 8.02. The number of anilines is 1. The van der Waals surface area contributed by atoms with Gasteiger partial charge in [0.25, 0.3) is 0 Å². The van der Waals surface area contributed by atoms with E-state index in [9.17, 15) is 9.59 Å². The number of benzene rings is 1. The molecule has 21 heavy (non-hydrogen) atoms. The van der Waals surface area contributed by atoms with E-state index in [0.717, 1.165) is 9.35 Å². The number of carboxylic acids is 1. The molecule has 1 heterocycles. The van der Waals surface area contributed by atoms with E-state index in [0.29, 0.717) is 5.69 Å². The molecule has 0 saturated carbocycles. The van der Waals surface area contributed by atoms with Gasteiger partial charge in [-0.15, -0.1) is 10.2 Å². The van der Waals surface area contributed by atoms with Gasteiger partial charge in [0.15, 0.2) is 4.34 Å². The summed E-state index contributed by atoms with van der Waals surface area (Å²) in [5.74, 6) is -1.17. The summed E-state index contributed by atoms with van der Waals surface area (Å²) in [6.07, 6.45) is 0. The summed E-state index contributed by atoms with van der Waals surface area (Å²) in [4.78, 5) is 22.8. The molecule has 0 aliphatic carbocycles. The number of amides is 1. The highest BCUT2D eigenvalue weighted by Crippen LogP contribution is 2.26. The molecule has 0 fully saturated rings. The number of hydrogen-bond acceptors (Lipinski definition) is 6. The maximum absolute atomic E-state index is 12.1. The van der Waals surface area contributed by atoms with Crippen LogP contribution in [0.1, 0.15) is 22.3 Å². The van der Waals surface area contributed by atoms with Crippen LogP contribution < -0.4 is 5.32 Å². The van der Waals surface area contributed by atoms with E-state index in [2.05, 4.69) is 15.5 Å². The number of thioether (sulfide) groups is 1. The molecule has 110 valence electrons. The first-order valence-electron chi connectivity index (χ1n) is 6.06. The quantitative estimate of drug-likeness (QED) is 0.822. The van der Waals surface area contributed by atoms with Gasteiger partial charge < -0.3 is 10.4 Å². The van der Waals surface area contributed by atoms with Gasteiger partial charge in [-0.25, -0.2) is 4.79 Å². The topological polar surface area (TPSA) is 92.2 Å². The zero-order valence-corrected chi connectivity index (χ0v) is 13.0. The van der Waals surface area contributed by atoms with Crippen LogP contribution in [0.5, 0.6) is 0 Å². The van der Waals surface area contributed by atoms with E-state index in [1.54, 1.807) is 19.1 Å². The lowest BCUT2D eigenvalue weighted by molar-refractivity contribution is -0.115. The first kappa shape index (κ1) is 15.5. The Morgan fingerprint density at radius 2 is 1.95 bits per heavy atom. The van der Waals surface area contributed by atoms with Crippen LogP contribution in [0.15, 0.2) is 28.6 Å². The van der Waals surface area contributed by atoms with E-state index >= 15 is 0 Å². The second-order valence-electron chi connectivity index (χ2n) is 4.22. The molecule has 0 saturated heterocycles. The normalized spacial score (nSPS) is 11.9. The average molecular weight is 323 g/mol. The molecule has 2 aromatic rings. The number of nitrogens with one attached hydrogen (secondary N) is 1. The lowest BCUT2D eigenvalue weighted by Crippen LogP contribution is -2.22. The first-order chi connectivity index (χ1) is 9.95. The van der Waals surface area contributed by atoms with Crippen molar-refractivity contribution < 1.29 is 14.7 Å². The third-order valence-electron chi connectivity index (χ3n) is 2.55. The van der Waals surface area contributed by atoms with Crippen LogP contribution in [0.2, 0.25) is 0 Å². The Kier molecular flexibility index (Phi) is 4.92. The zero-order chi connectivity index (χ0) is 15.4. The SMILES string of the molecule is Cc1nnc(SC(C)C(=O)Nc2ccc(C(=O)O)cc2)s1. The summed E-state index contributed by atoms with van der Waals surface area (Å²) >= 11 is 2.78. The molecule has 1 aromatic heterocycles. The fourth-order valence-electron chi connectivity index (χ4n) is 1.47. The zero-order valence-electron chi connectivity index (χ0n) is 11.4. The standard InChI is InChI=1S/C13H13N3O3S2/c1-7(20-13-16-15-8(2)21-13)11(17)14-10-5-3-9(4-6-10)12(18)19/h3-7H,1-2H3,(H,14,17)(H,18,19). The number of aromatic carboxylic acids is 1. The predicted molar refractivity (Wildman–Crippen MR) is 82.0 cm³/mol. The number of hydrogen-bond donors (Lipinski definition) is 2. The van der Waals surface area contributed by atoms with Crippen molar-refractivity contribution in [3.63, 3.8) is 0 Å².